The summed E-state index contributed by atoms with van der Waals surface area (Å²) in [6.45, 7) is 9.53. The maximum absolute atomic E-state index is 2.54. The fourth-order valence-electron chi connectivity index (χ4n) is 9.54. The van der Waals surface area contributed by atoms with Crippen LogP contribution in [0, 0.1) is 20.8 Å². The number of hydrogen-bond donors (Lipinski definition) is 0. The van der Waals surface area contributed by atoms with Gasteiger partial charge in [-0.1, -0.05) is 182 Å². The van der Waals surface area contributed by atoms with Crippen molar-refractivity contribution >= 4 is 71.9 Å². The van der Waals surface area contributed by atoms with Crippen LogP contribution in [-0.2, 0) is 19.6 Å². The summed E-state index contributed by atoms with van der Waals surface area (Å²) < 4.78 is 7.63. The molecular weight excluding hydrogens is 856 g/mol. The van der Waals surface area contributed by atoms with E-state index in [1.165, 1.54) is 81.5 Å². The number of aromatic nitrogens is 3. The maximum atomic E-state index is 2.54. The molecular formula is C60H54N3P3. The lowest BCUT2D eigenvalue weighted by atomic mass is 9.87. The lowest BCUT2D eigenvalue weighted by Crippen LogP contribution is -2.28. The Kier molecular flexibility index (Phi) is 13.2. The quantitative estimate of drug-likeness (QED) is 0.0911. The van der Waals surface area contributed by atoms with Crippen LogP contribution in [0.5, 0.6) is 0 Å². The SMILES string of the molecule is Cc1c(Cn2cccc2P(c2ccccc2)c2ccccc2)c(C)c(Cn2cccc2P(c2ccccc2)c2ccccc2)c(C)c1Cn1cccc1P(c1ccccc1)c1ccccc1. The van der Waals surface area contributed by atoms with E-state index in [-0.39, 0.29) is 0 Å². The first kappa shape index (κ1) is 43.6. The van der Waals surface area contributed by atoms with E-state index in [0.717, 1.165) is 19.6 Å². The van der Waals surface area contributed by atoms with Crippen LogP contribution >= 0.6 is 23.8 Å². The molecule has 0 amide bonds. The Hall–Kier alpha value is -6.33. The van der Waals surface area contributed by atoms with E-state index in [1.807, 2.05) is 0 Å². The Morgan fingerprint density at radius 2 is 0.455 bits per heavy atom. The van der Waals surface area contributed by atoms with Crippen LogP contribution in [0.25, 0.3) is 0 Å². The molecule has 0 fully saturated rings. The molecule has 0 aliphatic heterocycles. The van der Waals surface area contributed by atoms with Crippen molar-refractivity contribution in [1.82, 2.24) is 13.7 Å². The molecule has 0 bridgehead atoms. The van der Waals surface area contributed by atoms with E-state index in [1.54, 1.807) is 0 Å². The van der Waals surface area contributed by atoms with Gasteiger partial charge < -0.3 is 13.7 Å². The summed E-state index contributed by atoms with van der Waals surface area (Å²) in [4.78, 5) is 0. The van der Waals surface area contributed by atoms with Crippen LogP contribution in [0.4, 0.5) is 0 Å². The molecule has 0 unspecified atom stereocenters. The lowest BCUT2D eigenvalue weighted by Gasteiger charge is -2.28. The Bertz CT molecular complexity index is 2660. The van der Waals surface area contributed by atoms with Crippen molar-refractivity contribution in [2.45, 2.75) is 40.4 Å². The summed E-state index contributed by atoms with van der Waals surface area (Å²) in [5.74, 6) is 0. The van der Waals surface area contributed by atoms with Crippen LogP contribution in [0.15, 0.2) is 237 Å². The lowest BCUT2D eigenvalue weighted by molar-refractivity contribution is 0.760. The van der Waals surface area contributed by atoms with Gasteiger partial charge in [0.2, 0.25) is 0 Å². The number of rotatable bonds is 15. The second-order valence-electron chi connectivity index (χ2n) is 16.8. The van der Waals surface area contributed by atoms with E-state index in [0.29, 0.717) is 0 Å². The van der Waals surface area contributed by atoms with Gasteiger partial charge in [-0.05, 0) is 122 Å². The van der Waals surface area contributed by atoms with Crippen molar-refractivity contribution in [3.63, 3.8) is 0 Å². The fraction of sp³-hybridized carbons (Fsp3) is 0.100. The van der Waals surface area contributed by atoms with Gasteiger partial charge in [0.15, 0.2) is 0 Å². The Morgan fingerprint density at radius 3 is 0.652 bits per heavy atom. The summed E-state index contributed by atoms with van der Waals surface area (Å²) in [5, 5.41) is 8.16. The first-order valence-electron chi connectivity index (χ1n) is 22.8. The van der Waals surface area contributed by atoms with Gasteiger partial charge in [0, 0.05) is 62.0 Å². The summed E-state index contributed by atoms with van der Waals surface area (Å²) in [6.07, 6.45) is 6.92. The molecule has 3 heterocycles. The molecule has 10 rings (SSSR count). The van der Waals surface area contributed by atoms with E-state index >= 15 is 0 Å². The molecule has 0 saturated carbocycles. The second-order valence-corrected chi connectivity index (χ2v) is 23.3. The summed E-state index contributed by atoms with van der Waals surface area (Å²) in [5.41, 5.74) is 12.4. The van der Waals surface area contributed by atoms with Crippen molar-refractivity contribution < 1.29 is 0 Å². The van der Waals surface area contributed by atoms with Crippen molar-refractivity contribution in [2.24, 2.45) is 0 Å². The predicted octanol–water partition coefficient (Wildman–Crippen LogP) is 10.4. The molecule has 0 aliphatic carbocycles. The second kappa shape index (κ2) is 20.0. The minimum absolute atomic E-state index is 0.787. The van der Waals surface area contributed by atoms with Gasteiger partial charge in [0.05, 0.1) is 16.3 Å². The predicted molar refractivity (Wildman–Crippen MR) is 287 cm³/mol. The Balaban J connectivity index is 1.12. The van der Waals surface area contributed by atoms with Crippen LogP contribution in [0.3, 0.4) is 0 Å². The average molecular weight is 910 g/mol. The van der Waals surface area contributed by atoms with E-state index in [2.05, 4.69) is 271 Å². The number of hydrogen-bond acceptors (Lipinski definition) is 0. The molecule has 66 heavy (non-hydrogen) atoms. The number of benzene rings is 7. The molecule has 0 spiro atoms. The van der Waals surface area contributed by atoms with Gasteiger partial charge in [0.1, 0.15) is 0 Å². The molecule has 10 aromatic rings. The first-order chi connectivity index (χ1) is 32.5. The Labute approximate surface area is 394 Å². The molecule has 3 aromatic heterocycles. The molecule has 0 radical (unpaired) electrons. The minimum atomic E-state index is -0.787. The standard InChI is InChI=1S/C60H54N3P3/c1-46-55(43-61-40-22-37-58(61)64(49-25-10-4-11-26-49)50-27-12-5-13-28-50)47(2)57(45-63-42-24-39-60(63)66(53-33-18-8-19-34-53)54-35-20-9-21-36-54)48(3)56(46)44-62-41-23-38-59(62)65(51-29-14-6-15-30-51)52-31-16-7-17-32-52/h4-42H,43-45H2,1-3H3. The molecule has 0 atom stereocenters. The van der Waals surface area contributed by atoms with E-state index in [4.69, 9.17) is 0 Å². The molecule has 6 heteroatoms. The highest BCUT2D eigenvalue weighted by Gasteiger charge is 2.26. The molecule has 324 valence electrons. The Morgan fingerprint density at radius 1 is 0.258 bits per heavy atom. The highest BCUT2D eigenvalue weighted by Crippen LogP contribution is 2.38. The zero-order valence-electron chi connectivity index (χ0n) is 37.8. The largest absolute Gasteiger partial charge is 0.343 e. The van der Waals surface area contributed by atoms with Crippen LogP contribution in [0.2, 0.25) is 0 Å². The molecule has 7 aromatic carbocycles. The van der Waals surface area contributed by atoms with Gasteiger partial charge in [-0.15, -0.1) is 0 Å². The summed E-state index contributed by atoms with van der Waals surface area (Å²) in [6, 6.07) is 80.4. The maximum Gasteiger partial charge on any atom is 0.0504 e. The van der Waals surface area contributed by atoms with Gasteiger partial charge in [-0.2, -0.15) is 0 Å². The van der Waals surface area contributed by atoms with Gasteiger partial charge >= 0.3 is 0 Å². The average Bonchev–Trinajstić information content (AvgIpc) is 4.15. The van der Waals surface area contributed by atoms with Gasteiger partial charge in [-0.3, -0.25) is 0 Å². The third-order valence-corrected chi connectivity index (χ3v) is 20.4. The van der Waals surface area contributed by atoms with E-state index < -0.39 is 23.8 Å². The van der Waals surface area contributed by atoms with Crippen molar-refractivity contribution in [1.29, 1.82) is 0 Å². The van der Waals surface area contributed by atoms with Crippen LogP contribution in [0.1, 0.15) is 33.4 Å². The molecule has 0 N–H and O–H groups in total. The third kappa shape index (κ3) is 8.97. The van der Waals surface area contributed by atoms with E-state index in [9.17, 15) is 0 Å². The fourth-order valence-corrected chi connectivity index (χ4v) is 16.7. The van der Waals surface area contributed by atoms with Crippen molar-refractivity contribution in [2.75, 3.05) is 0 Å². The van der Waals surface area contributed by atoms with Gasteiger partial charge in [-0.25, -0.2) is 0 Å². The van der Waals surface area contributed by atoms with Crippen LogP contribution < -0.4 is 48.1 Å². The minimum Gasteiger partial charge on any atom is -0.343 e. The summed E-state index contributed by atoms with van der Waals surface area (Å²) in [7, 11) is -2.36. The summed E-state index contributed by atoms with van der Waals surface area (Å²) >= 11 is 0. The first-order valence-corrected chi connectivity index (χ1v) is 26.8. The zero-order chi connectivity index (χ0) is 44.8. The number of nitrogens with zero attached hydrogens (tertiary/aromatic N) is 3. The van der Waals surface area contributed by atoms with Gasteiger partial charge in [0.25, 0.3) is 0 Å². The zero-order valence-corrected chi connectivity index (χ0v) is 40.5. The van der Waals surface area contributed by atoms with Crippen molar-refractivity contribution in [3.8, 4) is 0 Å². The highest BCUT2D eigenvalue weighted by atomic mass is 31.1. The van der Waals surface area contributed by atoms with Crippen LogP contribution in [-0.4, -0.2) is 13.7 Å². The molecule has 0 saturated heterocycles. The molecule has 0 aliphatic rings. The smallest absolute Gasteiger partial charge is 0.0504 e. The third-order valence-electron chi connectivity index (χ3n) is 12.9. The molecule has 3 nitrogen and oxygen atoms in total. The van der Waals surface area contributed by atoms with Crippen molar-refractivity contribution in [3.05, 3.63) is 270 Å². The monoisotopic (exact) mass is 909 g/mol. The highest BCUT2D eigenvalue weighted by molar-refractivity contribution is 7.80. The topological polar surface area (TPSA) is 14.8 Å². The normalized spacial score (nSPS) is 11.5.